The van der Waals surface area contributed by atoms with E-state index in [0.717, 1.165) is 29.8 Å². The first-order valence-electron chi connectivity index (χ1n) is 6.30. The zero-order valence-electron chi connectivity index (χ0n) is 11.4. The van der Waals surface area contributed by atoms with Gasteiger partial charge in [-0.1, -0.05) is 18.5 Å². The normalized spacial score (nSPS) is 10.6. The molecule has 0 saturated carbocycles. The number of rotatable bonds is 6. The number of nitrogens with one attached hydrogen (secondary N) is 1. The Morgan fingerprint density at radius 2 is 2.30 bits per heavy atom. The molecule has 0 aromatic carbocycles. The Bertz CT molecular complexity index is 575. The van der Waals surface area contributed by atoms with Gasteiger partial charge in [0.05, 0.1) is 12.7 Å². The minimum Gasteiger partial charge on any atom is -0.354 e. The zero-order chi connectivity index (χ0) is 14.5. The van der Waals surface area contributed by atoms with E-state index in [1.54, 1.807) is 17.5 Å². The highest BCUT2D eigenvalue weighted by molar-refractivity contribution is 9.10. The molecule has 2 aromatic heterocycles. The van der Waals surface area contributed by atoms with Gasteiger partial charge in [-0.25, -0.2) is 4.98 Å². The molecule has 0 radical (unpaired) electrons. The number of aromatic nitrogens is 2. The number of hydrogen-bond donors (Lipinski definition) is 1. The summed E-state index contributed by atoms with van der Waals surface area (Å²) in [5, 5.41) is 5.80. The zero-order valence-corrected chi connectivity index (χ0v) is 14.5. The van der Waals surface area contributed by atoms with Crippen molar-refractivity contribution >= 4 is 50.6 Å². The Morgan fingerprint density at radius 1 is 1.50 bits per heavy atom. The summed E-state index contributed by atoms with van der Waals surface area (Å²) < 4.78 is 1.10. The number of halogens is 2. The highest BCUT2D eigenvalue weighted by Crippen LogP contribution is 2.26. The summed E-state index contributed by atoms with van der Waals surface area (Å²) in [5.74, 6) is 1.36. The second kappa shape index (κ2) is 7.24. The average Bonchev–Trinajstić information content (AvgIpc) is 2.83. The van der Waals surface area contributed by atoms with Crippen molar-refractivity contribution in [1.29, 1.82) is 0 Å². The van der Waals surface area contributed by atoms with Gasteiger partial charge in [-0.3, -0.25) is 0 Å². The maximum atomic E-state index is 6.20. The van der Waals surface area contributed by atoms with Gasteiger partial charge in [0.1, 0.15) is 5.02 Å². The van der Waals surface area contributed by atoms with Crippen molar-refractivity contribution in [1.82, 2.24) is 9.97 Å². The smallest absolute Gasteiger partial charge is 0.224 e. The molecule has 0 atom stereocenters. The van der Waals surface area contributed by atoms with Crippen LogP contribution in [0.25, 0.3) is 0 Å². The molecule has 7 heteroatoms. The third kappa shape index (κ3) is 4.07. The number of anilines is 2. The molecule has 0 aliphatic rings. The van der Waals surface area contributed by atoms with E-state index < -0.39 is 0 Å². The van der Waals surface area contributed by atoms with Gasteiger partial charge in [0.2, 0.25) is 5.95 Å². The van der Waals surface area contributed by atoms with Gasteiger partial charge in [0.25, 0.3) is 0 Å². The lowest BCUT2D eigenvalue weighted by Crippen LogP contribution is -2.18. The van der Waals surface area contributed by atoms with Crippen molar-refractivity contribution in [2.75, 3.05) is 23.8 Å². The standard InChI is InChI=1S/C13H16BrClN4S/c1-3-4-16-13-17-6-11(15)12(18-13)19(2)7-10-5-9(14)8-20-10/h5-6,8H,3-4,7H2,1-2H3,(H,16,17,18). The molecule has 0 aliphatic carbocycles. The topological polar surface area (TPSA) is 41.1 Å². The van der Waals surface area contributed by atoms with Crippen LogP contribution in [0.3, 0.4) is 0 Å². The maximum Gasteiger partial charge on any atom is 0.224 e. The molecular weight excluding hydrogens is 360 g/mol. The van der Waals surface area contributed by atoms with Crippen molar-refractivity contribution < 1.29 is 0 Å². The molecule has 4 nitrogen and oxygen atoms in total. The molecule has 108 valence electrons. The summed E-state index contributed by atoms with van der Waals surface area (Å²) in [4.78, 5) is 11.9. The molecule has 0 unspecified atom stereocenters. The number of thiophene rings is 1. The van der Waals surface area contributed by atoms with Crippen molar-refractivity contribution in [2.45, 2.75) is 19.9 Å². The van der Waals surface area contributed by atoms with Crippen LogP contribution in [0.4, 0.5) is 11.8 Å². The summed E-state index contributed by atoms with van der Waals surface area (Å²) in [5.41, 5.74) is 0. The van der Waals surface area contributed by atoms with Crippen molar-refractivity contribution in [3.05, 3.63) is 32.0 Å². The average molecular weight is 376 g/mol. The van der Waals surface area contributed by atoms with E-state index in [4.69, 9.17) is 11.6 Å². The van der Waals surface area contributed by atoms with Gasteiger partial charge in [0.15, 0.2) is 5.82 Å². The fourth-order valence-electron chi connectivity index (χ4n) is 1.69. The van der Waals surface area contributed by atoms with Crippen LogP contribution in [0.15, 0.2) is 22.1 Å². The third-order valence-electron chi connectivity index (χ3n) is 2.64. The van der Waals surface area contributed by atoms with Crippen molar-refractivity contribution in [2.24, 2.45) is 0 Å². The first kappa shape index (κ1) is 15.5. The molecule has 0 fully saturated rings. The molecule has 0 amide bonds. The Morgan fingerprint density at radius 3 is 2.95 bits per heavy atom. The van der Waals surface area contributed by atoms with E-state index in [1.165, 1.54) is 4.88 Å². The van der Waals surface area contributed by atoms with E-state index in [0.29, 0.717) is 11.0 Å². The molecule has 20 heavy (non-hydrogen) atoms. The Hall–Kier alpha value is -0.850. The Labute approximate surface area is 136 Å². The van der Waals surface area contributed by atoms with Gasteiger partial charge >= 0.3 is 0 Å². The second-order valence-corrected chi connectivity index (χ2v) is 6.70. The highest BCUT2D eigenvalue weighted by Gasteiger charge is 2.11. The third-order valence-corrected chi connectivity index (χ3v) is 4.58. The van der Waals surface area contributed by atoms with Gasteiger partial charge in [-0.2, -0.15) is 4.98 Å². The van der Waals surface area contributed by atoms with Crippen LogP contribution in [0.5, 0.6) is 0 Å². The molecule has 2 heterocycles. The highest BCUT2D eigenvalue weighted by atomic mass is 79.9. The first-order chi connectivity index (χ1) is 9.60. The van der Waals surface area contributed by atoms with E-state index in [-0.39, 0.29) is 0 Å². The van der Waals surface area contributed by atoms with E-state index >= 15 is 0 Å². The van der Waals surface area contributed by atoms with E-state index in [1.807, 2.05) is 11.9 Å². The molecule has 2 aromatic rings. The largest absolute Gasteiger partial charge is 0.354 e. The van der Waals surface area contributed by atoms with Gasteiger partial charge in [-0.15, -0.1) is 11.3 Å². The lowest BCUT2D eigenvalue weighted by atomic mass is 10.4. The van der Waals surface area contributed by atoms with E-state index in [9.17, 15) is 0 Å². The number of hydrogen-bond acceptors (Lipinski definition) is 5. The van der Waals surface area contributed by atoms with Crippen LogP contribution in [-0.2, 0) is 6.54 Å². The minimum atomic E-state index is 0.560. The first-order valence-corrected chi connectivity index (χ1v) is 8.35. The predicted molar refractivity (Wildman–Crippen MR) is 89.9 cm³/mol. The Balaban J connectivity index is 2.13. The minimum absolute atomic E-state index is 0.560. The molecule has 0 bridgehead atoms. The number of nitrogens with zero attached hydrogens (tertiary/aromatic N) is 3. The summed E-state index contributed by atoms with van der Waals surface area (Å²) in [6, 6.07) is 2.10. The summed E-state index contributed by atoms with van der Waals surface area (Å²) >= 11 is 11.4. The molecular formula is C13H16BrClN4S. The van der Waals surface area contributed by atoms with Gasteiger partial charge in [0, 0.05) is 28.3 Å². The lowest BCUT2D eigenvalue weighted by Gasteiger charge is -2.19. The maximum absolute atomic E-state index is 6.20. The van der Waals surface area contributed by atoms with Crippen LogP contribution in [-0.4, -0.2) is 23.6 Å². The SMILES string of the molecule is CCCNc1ncc(Cl)c(N(C)Cc2cc(Br)cs2)n1. The van der Waals surface area contributed by atoms with Gasteiger partial charge < -0.3 is 10.2 Å². The van der Waals surface area contributed by atoms with Crippen LogP contribution in [0, 0.1) is 0 Å². The molecule has 0 spiro atoms. The van der Waals surface area contributed by atoms with Crippen molar-refractivity contribution in [3.8, 4) is 0 Å². The van der Waals surface area contributed by atoms with Gasteiger partial charge in [-0.05, 0) is 28.4 Å². The van der Waals surface area contributed by atoms with Crippen LogP contribution in [0.1, 0.15) is 18.2 Å². The summed E-state index contributed by atoms with van der Waals surface area (Å²) in [7, 11) is 1.98. The molecule has 0 saturated heterocycles. The lowest BCUT2D eigenvalue weighted by molar-refractivity contribution is 0.895. The monoisotopic (exact) mass is 374 g/mol. The predicted octanol–water partition coefficient (Wildman–Crippen LogP) is 4.41. The summed E-state index contributed by atoms with van der Waals surface area (Å²) in [6.07, 6.45) is 2.67. The fraction of sp³-hybridized carbons (Fsp3) is 0.385. The van der Waals surface area contributed by atoms with Crippen LogP contribution < -0.4 is 10.2 Å². The molecule has 2 rings (SSSR count). The van der Waals surface area contributed by atoms with E-state index in [2.05, 4.69) is 49.6 Å². The van der Waals surface area contributed by atoms with Crippen LogP contribution >= 0.6 is 38.9 Å². The van der Waals surface area contributed by atoms with Crippen molar-refractivity contribution in [3.63, 3.8) is 0 Å². The fourth-order valence-corrected chi connectivity index (χ4v) is 3.43. The summed E-state index contributed by atoms with van der Waals surface area (Å²) in [6.45, 7) is 3.72. The quantitative estimate of drug-likeness (QED) is 0.812. The molecule has 1 N–H and O–H groups in total. The molecule has 0 aliphatic heterocycles. The second-order valence-electron chi connectivity index (χ2n) is 4.38. The Kier molecular flexibility index (Phi) is 5.63. The van der Waals surface area contributed by atoms with Crippen LogP contribution in [0.2, 0.25) is 5.02 Å².